The molecule has 0 fully saturated rings. The molecule has 0 atom stereocenters. The standard InChI is InChI=1S/C8H6ClIO2.C7H4ClIO2.H2O4S/c1-12-8(11)5-2-3-6(9)7(10)4-5;8-5-2-1-4(7(10)11)3-6(5)9;1-5(2,3)4/h2-4H,1H3;1-3H,(H,10,11);(H2,1,2,3,4). The molecule has 0 saturated carbocycles. The minimum Gasteiger partial charge on any atom is -0.478 e. The molecule has 154 valence electrons. The van der Waals surface area contributed by atoms with Crippen LogP contribution in [0.3, 0.4) is 0 Å². The van der Waals surface area contributed by atoms with Crippen LogP contribution >= 0.6 is 68.4 Å². The Balaban J connectivity index is 0.000000424. The molecule has 0 amide bonds. The second-order valence-corrected chi connectivity index (χ2v) is 8.54. The third-order valence-electron chi connectivity index (χ3n) is 2.51. The molecule has 13 heteroatoms. The minimum atomic E-state index is -4.67. The maximum Gasteiger partial charge on any atom is 0.394 e. The summed E-state index contributed by atoms with van der Waals surface area (Å²) in [5.74, 6) is -1.27. The zero-order valence-corrected chi connectivity index (χ0v) is 20.4. The van der Waals surface area contributed by atoms with Crippen molar-refractivity contribution in [1.29, 1.82) is 0 Å². The Morgan fingerprint density at radius 3 is 1.61 bits per heavy atom. The minimum absolute atomic E-state index is 0.263. The van der Waals surface area contributed by atoms with E-state index in [1.165, 1.54) is 19.2 Å². The molecule has 0 aliphatic rings. The largest absolute Gasteiger partial charge is 0.478 e. The fourth-order valence-corrected chi connectivity index (χ4v) is 2.64. The molecular weight excluding hydrogens is 665 g/mol. The number of carboxylic acids is 1. The van der Waals surface area contributed by atoms with E-state index < -0.39 is 16.4 Å². The molecule has 8 nitrogen and oxygen atoms in total. The molecule has 28 heavy (non-hydrogen) atoms. The second kappa shape index (κ2) is 12.8. The number of carbonyl (C=O) groups excluding carboxylic acids is 1. The van der Waals surface area contributed by atoms with Gasteiger partial charge < -0.3 is 9.84 Å². The molecule has 3 N–H and O–H groups in total. The van der Waals surface area contributed by atoms with Crippen molar-refractivity contribution in [2.45, 2.75) is 0 Å². The number of aromatic carboxylic acids is 1. The Bertz CT molecular complexity index is 943. The number of hydrogen-bond acceptors (Lipinski definition) is 5. The summed E-state index contributed by atoms with van der Waals surface area (Å²) in [7, 11) is -3.32. The Morgan fingerprint density at radius 1 is 0.929 bits per heavy atom. The van der Waals surface area contributed by atoms with Crippen LogP contribution in [0.1, 0.15) is 20.7 Å². The molecule has 0 saturated heterocycles. The summed E-state index contributed by atoms with van der Waals surface area (Å²) < 4.78 is 37.7. The summed E-state index contributed by atoms with van der Waals surface area (Å²) in [6.45, 7) is 0. The van der Waals surface area contributed by atoms with Gasteiger partial charge in [-0.05, 0) is 81.6 Å². The van der Waals surface area contributed by atoms with E-state index in [1.54, 1.807) is 24.3 Å². The number of hydrogen-bond donors (Lipinski definition) is 3. The number of carboxylic acid groups (broad SMARTS) is 1. The van der Waals surface area contributed by atoms with Gasteiger partial charge in [0.05, 0.1) is 28.3 Å². The molecule has 0 unspecified atom stereocenters. The van der Waals surface area contributed by atoms with Gasteiger partial charge in [0, 0.05) is 7.14 Å². The number of rotatable bonds is 2. The predicted molar refractivity (Wildman–Crippen MR) is 121 cm³/mol. The topological polar surface area (TPSA) is 138 Å². The van der Waals surface area contributed by atoms with Gasteiger partial charge in [0.15, 0.2) is 0 Å². The van der Waals surface area contributed by atoms with E-state index in [9.17, 15) is 9.59 Å². The van der Waals surface area contributed by atoms with Crippen molar-refractivity contribution in [3.63, 3.8) is 0 Å². The van der Waals surface area contributed by atoms with E-state index >= 15 is 0 Å². The van der Waals surface area contributed by atoms with E-state index in [0.29, 0.717) is 15.6 Å². The van der Waals surface area contributed by atoms with Crippen LogP contribution in [0, 0.1) is 7.14 Å². The van der Waals surface area contributed by atoms with Crippen LogP contribution < -0.4 is 0 Å². The molecule has 2 aromatic rings. The highest BCUT2D eigenvalue weighted by atomic mass is 127. The van der Waals surface area contributed by atoms with Gasteiger partial charge in [-0.15, -0.1) is 0 Å². The van der Waals surface area contributed by atoms with Gasteiger partial charge >= 0.3 is 22.3 Å². The lowest BCUT2D eigenvalue weighted by atomic mass is 10.2. The average Bonchev–Trinajstić information content (AvgIpc) is 2.58. The van der Waals surface area contributed by atoms with Crippen molar-refractivity contribution in [2.24, 2.45) is 0 Å². The summed E-state index contributed by atoms with van der Waals surface area (Å²) in [6, 6.07) is 9.59. The quantitative estimate of drug-likeness (QED) is 0.236. The first kappa shape index (κ1) is 27.3. The van der Waals surface area contributed by atoms with Crippen molar-refractivity contribution >= 4 is 90.7 Å². The van der Waals surface area contributed by atoms with Crippen molar-refractivity contribution < 1.29 is 37.0 Å². The van der Waals surface area contributed by atoms with Gasteiger partial charge in [0.1, 0.15) is 0 Å². The van der Waals surface area contributed by atoms with Gasteiger partial charge in [-0.3, -0.25) is 9.11 Å². The lowest BCUT2D eigenvalue weighted by molar-refractivity contribution is 0.0599. The van der Waals surface area contributed by atoms with Crippen LogP contribution in [0.5, 0.6) is 0 Å². The number of benzene rings is 2. The lowest BCUT2D eigenvalue weighted by Gasteiger charge is -2.00. The van der Waals surface area contributed by atoms with Crippen LogP contribution in [-0.2, 0) is 15.1 Å². The highest BCUT2D eigenvalue weighted by Crippen LogP contribution is 2.20. The fraction of sp³-hybridized carbons (Fsp3) is 0.0667. The zero-order valence-electron chi connectivity index (χ0n) is 13.8. The van der Waals surface area contributed by atoms with Crippen LogP contribution in [0.2, 0.25) is 10.0 Å². The van der Waals surface area contributed by atoms with Crippen molar-refractivity contribution in [3.05, 3.63) is 64.7 Å². The molecule has 0 aliphatic heterocycles. The zero-order chi connectivity index (χ0) is 22.1. The highest BCUT2D eigenvalue weighted by molar-refractivity contribution is 14.1. The molecule has 0 bridgehead atoms. The van der Waals surface area contributed by atoms with E-state index in [2.05, 4.69) is 27.3 Å². The number of halogens is 4. The molecule has 0 heterocycles. The first-order valence-corrected chi connectivity index (χ1v) is 11.0. The molecular formula is C15H12Cl2I2O8S. The first-order valence-electron chi connectivity index (χ1n) is 6.67. The summed E-state index contributed by atoms with van der Waals surface area (Å²) in [6.07, 6.45) is 0. The van der Waals surface area contributed by atoms with Gasteiger partial charge in [0.25, 0.3) is 0 Å². The second-order valence-electron chi connectivity index (χ2n) is 4.50. The summed E-state index contributed by atoms with van der Waals surface area (Å²) in [5, 5.41) is 9.77. The predicted octanol–water partition coefficient (Wildman–Crippen LogP) is 4.72. The van der Waals surface area contributed by atoms with Gasteiger partial charge in [-0.25, -0.2) is 9.59 Å². The molecule has 0 spiro atoms. The highest BCUT2D eigenvalue weighted by Gasteiger charge is 2.06. The Kier molecular flexibility index (Phi) is 12.4. The number of esters is 1. The van der Waals surface area contributed by atoms with Gasteiger partial charge in [-0.1, -0.05) is 23.2 Å². The maximum absolute atomic E-state index is 11.0. The number of carbonyl (C=O) groups is 2. The van der Waals surface area contributed by atoms with E-state index in [4.69, 9.17) is 45.8 Å². The lowest BCUT2D eigenvalue weighted by Crippen LogP contribution is -2.00. The average molecular weight is 677 g/mol. The third-order valence-corrected chi connectivity index (χ3v) is 5.59. The van der Waals surface area contributed by atoms with E-state index in [-0.39, 0.29) is 11.5 Å². The monoisotopic (exact) mass is 676 g/mol. The van der Waals surface area contributed by atoms with Crippen molar-refractivity contribution in [1.82, 2.24) is 0 Å². The van der Waals surface area contributed by atoms with Crippen LogP contribution in [-0.4, -0.2) is 41.7 Å². The van der Waals surface area contributed by atoms with Crippen LogP contribution in [0.25, 0.3) is 0 Å². The van der Waals surface area contributed by atoms with Gasteiger partial charge in [-0.2, -0.15) is 8.42 Å². The van der Waals surface area contributed by atoms with Crippen molar-refractivity contribution in [3.8, 4) is 0 Å². The smallest absolute Gasteiger partial charge is 0.394 e. The van der Waals surface area contributed by atoms with E-state index in [1.807, 2.05) is 22.6 Å². The number of ether oxygens (including phenoxy) is 1. The normalized spacial score (nSPS) is 9.96. The van der Waals surface area contributed by atoms with Crippen LogP contribution in [0.15, 0.2) is 36.4 Å². The molecule has 2 rings (SSSR count). The van der Waals surface area contributed by atoms with Crippen molar-refractivity contribution in [2.75, 3.05) is 7.11 Å². The summed E-state index contributed by atoms with van der Waals surface area (Å²) in [5.41, 5.74) is 0.783. The van der Waals surface area contributed by atoms with Gasteiger partial charge in [0.2, 0.25) is 0 Å². The molecule has 0 aromatic heterocycles. The molecule has 0 radical (unpaired) electrons. The summed E-state index contributed by atoms with van der Waals surface area (Å²) in [4.78, 5) is 21.4. The Morgan fingerprint density at radius 2 is 1.29 bits per heavy atom. The summed E-state index contributed by atoms with van der Waals surface area (Å²) >= 11 is 15.5. The maximum atomic E-state index is 11.0. The Hall–Kier alpha value is -0.710. The van der Waals surface area contributed by atoms with E-state index in [0.717, 1.165) is 7.14 Å². The fourth-order valence-electron chi connectivity index (χ4n) is 1.37. The third kappa shape index (κ3) is 12.0. The molecule has 2 aromatic carbocycles. The Labute approximate surface area is 198 Å². The first-order chi connectivity index (χ1) is 12.8. The molecule has 0 aliphatic carbocycles. The van der Waals surface area contributed by atoms with Crippen LogP contribution in [0.4, 0.5) is 0 Å². The SMILES string of the molecule is COC(=O)c1ccc(Cl)c(I)c1.O=C(O)c1ccc(Cl)c(I)c1.O=S(=O)(O)O. The number of methoxy groups -OCH3 is 1.